The summed E-state index contributed by atoms with van der Waals surface area (Å²) in [5.41, 5.74) is 0.917. The van der Waals surface area contributed by atoms with Crippen LogP contribution in [0.15, 0.2) is 29.4 Å². The molecule has 17 heavy (non-hydrogen) atoms. The Morgan fingerprint density at radius 3 is 2.06 bits per heavy atom. The summed E-state index contributed by atoms with van der Waals surface area (Å²) in [7, 11) is 0. The molecule has 1 heterocycles. The molecular formula is C12H10N2O3. The van der Waals surface area contributed by atoms with Gasteiger partial charge in [-0.3, -0.25) is 14.5 Å². The molecule has 1 aromatic carbocycles. The van der Waals surface area contributed by atoms with E-state index in [9.17, 15) is 14.5 Å². The molecule has 0 spiro atoms. The van der Waals surface area contributed by atoms with E-state index in [-0.39, 0.29) is 23.9 Å². The second kappa shape index (κ2) is 3.48. The number of nitrogens with zero attached hydrogens (tertiary/aromatic N) is 2. The normalized spacial score (nSPS) is 26.7. The number of benzene rings is 1. The predicted octanol–water partition coefficient (Wildman–Crippen LogP) is 1.58. The Balaban J connectivity index is 1.89. The summed E-state index contributed by atoms with van der Waals surface area (Å²) in [6.45, 7) is 0. The summed E-state index contributed by atoms with van der Waals surface area (Å²) >= 11 is 0. The highest BCUT2D eigenvalue weighted by atomic mass is 16.3. The molecule has 0 radical (unpaired) electrons. The summed E-state index contributed by atoms with van der Waals surface area (Å²) < 4.78 is 0. The second-order valence-corrected chi connectivity index (χ2v) is 4.41. The molecule has 1 aromatic rings. The van der Waals surface area contributed by atoms with Crippen LogP contribution in [-0.4, -0.2) is 28.8 Å². The van der Waals surface area contributed by atoms with Gasteiger partial charge in [0.2, 0.25) is 0 Å². The van der Waals surface area contributed by atoms with Crippen LogP contribution in [0.25, 0.3) is 0 Å². The highest BCUT2D eigenvalue weighted by Gasteiger charge is 2.45. The minimum atomic E-state index is -0.250. The van der Waals surface area contributed by atoms with Crippen LogP contribution in [0.4, 0.5) is 0 Å². The number of carbonyl (C=O) groups excluding carboxylic acids is 2. The minimum Gasteiger partial charge on any atom is -0.271 e. The Bertz CT molecular complexity index is 485. The zero-order valence-corrected chi connectivity index (χ0v) is 9.00. The third-order valence-corrected chi connectivity index (χ3v) is 3.43. The molecule has 0 bridgehead atoms. The van der Waals surface area contributed by atoms with Crippen LogP contribution in [0.1, 0.15) is 33.6 Å². The molecule has 0 unspecified atom stereocenters. The maximum absolute atomic E-state index is 12.0. The van der Waals surface area contributed by atoms with E-state index in [1.165, 1.54) is 4.90 Å². The fraction of sp³-hybridized carbons (Fsp3) is 0.333. The lowest BCUT2D eigenvalue weighted by molar-refractivity contribution is 0.0483. The van der Waals surface area contributed by atoms with E-state index in [1.54, 1.807) is 24.3 Å². The number of imide groups is 1. The molecule has 3 rings (SSSR count). The van der Waals surface area contributed by atoms with Crippen LogP contribution in [-0.2, 0) is 0 Å². The summed E-state index contributed by atoms with van der Waals surface area (Å²) in [5.74, 6) is -0.500. The number of hydrogen-bond donors (Lipinski definition) is 0. The third kappa shape index (κ3) is 1.32. The largest absolute Gasteiger partial charge is 0.271 e. The Kier molecular flexibility index (Phi) is 2.07. The van der Waals surface area contributed by atoms with Gasteiger partial charge in [-0.2, -0.15) is 4.91 Å². The zero-order chi connectivity index (χ0) is 12.0. The molecule has 2 amide bonds. The van der Waals surface area contributed by atoms with Crippen molar-refractivity contribution in [2.45, 2.75) is 24.9 Å². The number of nitroso groups, excluding NO2 is 1. The highest BCUT2D eigenvalue weighted by Crippen LogP contribution is 2.34. The smallest absolute Gasteiger partial charge is 0.261 e. The lowest BCUT2D eigenvalue weighted by Crippen LogP contribution is -2.49. The van der Waals surface area contributed by atoms with Crippen molar-refractivity contribution >= 4 is 11.8 Å². The molecule has 86 valence electrons. The first-order valence-electron chi connectivity index (χ1n) is 5.51. The molecule has 0 atom stereocenters. The van der Waals surface area contributed by atoms with E-state index in [1.807, 2.05) is 0 Å². The first-order valence-corrected chi connectivity index (χ1v) is 5.51. The number of rotatable bonds is 2. The molecule has 0 N–H and O–H groups in total. The van der Waals surface area contributed by atoms with E-state index in [0.29, 0.717) is 24.0 Å². The van der Waals surface area contributed by atoms with E-state index < -0.39 is 0 Å². The van der Waals surface area contributed by atoms with E-state index in [2.05, 4.69) is 5.18 Å². The Hall–Kier alpha value is -2.04. The Labute approximate surface area is 97.4 Å². The van der Waals surface area contributed by atoms with E-state index in [4.69, 9.17) is 0 Å². The van der Waals surface area contributed by atoms with Gasteiger partial charge < -0.3 is 0 Å². The van der Waals surface area contributed by atoms with Crippen molar-refractivity contribution < 1.29 is 9.59 Å². The van der Waals surface area contributed by atoms with Gasteiger partial charge in [-0.05, 0) is 25.0 Å². The Morgan fingerprint density at radius 2 is 1.59 bits per heavy atom. The number of carbonyl (C=O) groups is 2. The first-order chi connectivity index (χ1) is 8.22. The van der Waals surface area contributed by atoms with Crippen molar-refractivity contribution in [2.24, 2.45) is 5.18 Å². The van der Waals surface area contributed by atoms with Gasteiger partial charge in [0.15, 0.2) is 0 Å². The highest BCUT2D eigenvalue weighted by molar-refractivity contribution is 6.21. The lowest BCUT2D eigenvalue weighted by atomic mass is 9.86. The molecule has 1 aliphatic heterocycles. The second-order valence-electron chi connectivity index (χ2n) is 4.41. The fourth-order valence-electron chi connectivity index (χ4n) is 2.40. The topological polar surface area (TPSA) is 66.8 Å². The molecule has 5 nitrogen and oxygen atoms in total. The van der Waals surface area contributed by atoms with Crippen LogP contribution in [0, 0.1) is 4.91 Å². The average molecular weight is 230 g/mol. The first kappa shape index (κ1) is 10.1. The predicted molar refractivity (Wildman–Crippen MR) is 59.5 cm³/mol. The molecule has 0 saturated heterocycles. The lowest BCUT2D eigenvalue weighted by Gasteiger charge is -2.36. The van der Waals surface area contributed by atoms with Crippen molar-refractivity contribution in [2.75, 3.05) is 0 Å². The minimum absolute atomic E-state index is 0.162. The van der Waals surface area contributed by atoms with Gasteiger partial charge in [0, 0.05) is 6.04 Å². The fourth-order valence-corrected chi connectivity index (χ4v) is 2.40. The van der Waals surface area contributed by atoms with Crippen LogP contribution in [0.2, 0.25) is 0 Å². The maximum Gasteiger partial charge on any atom is 0.261 e. The van der Waals surface area contributed by atoms with Gasteiger partial charge in [-0.1, -0.05) is 17.3 Å². The summed E-state index contributed by atoms with van der Waals surface area (Å²) in [4.78, 5) is 35.6. The number of hydrogen-bond acceptors (Lipinski definition) is 4. The monoisotopic (exact) mass is 230 g/mol. The van der Waals surface area contributed by atoms with E-state index in [0.717, 1.165) is 0 Å². The summed E-state index contributed by atoms with van der Waals surface area (Å²) in [6, 6.07) is 6.39. The van der Waals surface area contributed by atoms with Crippen LogP contribution < -0.4 is 0 Å². The van der Waals surface area contributed by atoms with Crippen molar-refractivity contribution in [3.05, 3.63) is 40.3 Å². The van der Waals surface area contributed by atoms with Crippen molar-refractivity contribution in [1.82, 2.24) is 4.90 Å². The molecule has 1 fully saturated rings. The van der Waals surface area contributed by atoms with E-state index >= 15 is 0 Å². The van der Waals surface area contributed by atoms with Gasteiger partial charge in [0.05, 0.1) is 17.2 Å². The van der Waals surface area contributed by atoms with Crippen LogP contribution >= 0.6 is 0 Å². The SMILES string of the molecule is O=NC1CC(N2C(=O)c3ccccc3C2=O)C1. The molecule has 5 heteroatoms. The standard InChI is InChI=1S/C12H10N2O3/c15-11-9-3-1-2-4-10(9)12(16)14(11)8-5-7(6-8)13-17/h1-4,7-8H,5-6H2. The average Bonchev–Trinajstić information content (AvgIpc) is 2.54. The molecular weight excluding hydrogens is 220 g/mol. The summed E-state index contributed by atoms with van der Waals surface area (Å²) in [5, 5.41) is 2.92. The molecule has 1 aliphatic carbocycles. The van der Waals surface area contributed by atoms with Crippen molar-refractivity contribution in [1.29, 1.82) is 0 Å². The number of fused-ring (bicyclic) bond motifs is 1. The van der Waals surface area contributed by atoms with Gasteiger partial charge >= 0.3 is 0 Å². The Morgan fingerprint density at radius 1 is 1.06 bits per heavy atom. The molecule has 2 aliphatic rings. The van der Waals surface area contributed by atoms with Gasteiger partial charge in [0.1, 0.15) is 0 Å². The number of amides is 2. The molecule has 0 aromatic heterocycles. The van der Waals surface area contributed by atoms with Gasteiger partial charge in [0.25, 0.3) is 11.8 Å². The zero-order valence-electron chi connectivity index (χ0n) is 9.00. The van der Waals surface area contributed by atoms with Crippen molar-refractivity contribution in [3.63, 3.8) is 0 Å². The quantitative estimate of drug-likeness (QED) is 0.572. The van der Waals surface area contributed by atoms with Crippen molar-refractivity contribution in [3.8, 4) is 0 Å². The van der Waals surface area contributed by atoms with Crippen LogP contribution in [0.5, 0.6) is 0 Å². The summed E-state index contributed by atoms with van der Waals surface area (Å²) in [6.07, 6.45) is 0.990. The third-order valence-electron chi connectivity index (χ3n) is 3.43. The van der Waals surface area contributed by atoms with Gasteiger partial charge in [-0.25, -0.2) is 0 Å². The van der Waals surface area contributed by atoms with Crippen LogP contribution in [0.3, 0.4) is 0 Å². The molecule has 1 saturated carbocycles. The van der Waals surface area contributed by atoms with Gasteiger partial charge in [-0.15, -0.1) is 0 Å². The maximum atomic E-state index is 12.0.